The fourth-order valence-corrected chi connectivity index (χ4v) is 1.53. The number of aldehydes is 1. The largest absolute Gasteiger partial charge is 0.508 e. The van der Waals surface area contributed by atoms with Gasteiger partial charge >= 0.3 is 0 Å². The second-order valence-electron chi connectivity index (χ2n) is 2.46. The van der Waals surface area contributed by atoms with Crippen LogP contribution in [0.1, 0.15) is 15.9 Å². The van der Waals surface area contributed by atoms with E-state index >= 15 is 0 Å². The van der Waals surface area contributed by atoms with E-state index in [1.807, 2.05) is 12.1 Å². The van der Waals surface area contributed by atoms with Gasteiger partial charge in [-0.05, 0) is 17.7 Å². The van der Waals surface area contributed by atoms with E-state index in [1.165, 1.54) is 0 Å². The van der Waals surface area contributed by atoms with Crippen molar-refractivity contribution in [1.29, 1.82) is 0 Å². The number of halogens is 1. The van der Waals surface area contributed by atoms with E-state index in [0.717, 1.165) is 11.8 Å². The lowest BCUT2D eigenvalue weighted by Crippen LogP contribution is -1.89. The summed E-state index contributed by atoms with van der Waals surface area (Å²) in [5.41, 5.74) is 1.07. The van der Waals surface area contributed by atoms with Gasteiger partial charge in [-0.25, -0.2) is 0 Å². The molecule has 0 fully saturated rings. The highest BCUT2D eigenvalue weighted by molar-refractivity contribution is 14.1. The zero-order valence-corrected chi connectivity index (χ0v) is 8.56. The highest BCUT2D eigenvalue weighted by Crippen LogP contribution is 2.26. The van der Waals surface area contributed by atoms with Gasteiger partial charge in [-0.1, -0.05) is 34.7 Å². The molecular formula is C9H9IO2. The van der Waals surface area contributed by atoms with Gasteiger partial charge in [0.05, 0.1) is 0 Å². The monoisotopic (exact) mass is 276 g/mol. The molecule has 0 unspecified atom stereocenters. The van der Waals surface area contributed by atoms with Crippen LogP contribution in [0.25, 0.3) is 0 Å². The van der Waals surface area contributed by atoms with Crippen LogP contribution in [-0.4, -0.2) is 11.4 Å². The van der Waals surface area contributed by atoms with Crippen molar-refractivity contribution in [3.8, 4) is 5.75 Å². The first-order valence-corrected chi connectivity index (χ1v) is 4.85. The Balaban J connectivity index is 2.74. The molecule has 1 aromatic carbocycles. The Morgan fingerprint density at radius 1 is 1.42 bits per heavy atom. The van der Waals surface area contributed by atoms with Crippen LogP contribution >= 0.6 is 22.6 Å². The predicted molar refractivity (Wildman–Crippen MR) is 55.5 cm³/mol. The molecule has 0 radical (unpaired) electrons. The van der Waals surface area contributed by atoms with Crippen molar-refractivity contribution in [1.82, 2.24) is 0 Å². The SMILES string of the molecule is O=CC[C@@H](I)c1ccc(O)cc1. The van der Waals surface area contributed by atoms with Crippen molar-refractivity contribution in [2.45, 2.75) is 10.3 Å². The molecule has 0 aliphatic rings. The lowest BCUT2D eigenvalue weighted by Gasteiger charge is -2.05. The van der Waals surface area contributed by atoms with Crippen LogP contribution in [0.2, 0.25) is 0 Å². The molecule has 0 aromatic heterocycles. The summed E-state index contributed by atoms with van der Waals surface area (Å²) in [5, 5.41) is 9.00. The number of hydrogen-bond acceptors (Lipinski definition) is 2. The van der Waals surface area contributed by atoms with Crippen LogP contribution in [0, 0.1) is 0 Å². The third kappa shape index (κ3) is 2.48. The van der Waals surface area contributed by atoms with E-state index in [1.54, 1.807) is 12.1 Å². The van der Waals surface area contributed by atoms with Crippen molar-refractivity contribution < 1.29 is 9.90 Å². The molecule has 0 saturated carbocycles. The lowest BCUT2D eigenvalue weighted by molar-refractivity contribution is -0.107. The Hall–Kier alpha value is -0.580. The number of aromatic hydroxyl groups is 1. The maximum absolute atomic E-state index is 10.2. The minimum atomic E-state index is 0.209. The third-order valence-electron chi connectivity index (χ3n) is 1.56. The van der Waals surface area contributed by atoms with Crippen molar-refractivity contribution in [3.63, 3.8) is 0 Å². The van der Waals surface area contributed by atoms with Crippen molar-refractivity contribution in [2.75, 3.05) is 0 Å². The fraction of sp³-hybridized carbons (Fsp3) is 0.222. The fourth-order valence-electron chi connectivity index (χ4n) is 0.904. The van der Waals surface area contributed by atoms with E-state index in [2.05, 4.69) is 22.6 Å². The van der Waals surface area contributed by atoms with Gasteiger partial charge in [0.2, 0.25) is 0 Å². The van der Waals surface area contributed by atoms with E-state index in [0.29, 0.717) is 6.42 Å². The van der Waals surface area contributed by atoms with Crippen LogP contribution in [0.15, 0.2) is 24.3 Å². The highest BCUT2D eigenvalue weighted by atomic mass is 127. The summed E-state index contributed by atoms with van der Waals surface area (Å²) >= 11 is 2.21. The normalized spacial score (nSPS) is 12.4. The number of carbonyl (C=O) groups is 1. The minimum absolute atomic E-state index is 0.209. The quantitative estimate of drug-likeness (QED) is 0.523. The number of benzene rings is 1. The lowest BCUT2D eigenvalue weighted by atomic mass is 10.1. The van der Waals surface area contributed by atoms with E-state index in [-0.39, 0.29) is 9.67 Å². The number of phenolic OH excluding ortho intramolecular Hbond substituents is 1. The Labute approximate surface area is 84.7 Å². The smallest absolute Gasteiger partial charge is 0.121 e. The van der Waals surface area contributed by atoms with Gasteiger partial charge in [0.15, 0.2) is 0 Å². The molecule has 12 heavy (non-hydrogen) atoms. The van der Waals surface area contributed by atoms with E-state index < -0.39 is 0 Å². The van der Waals surface area contributed by atoms with Gasteiger partial charge in [-0.2, -0.15) is 0 Å². The molecule has 1 rings (SSSR count). The first-order chi connectivity index (χ1) is 5.74. The van der Waals surface area contributed by atoms with Crippen LogP contribution in [0.5, 0.6) is 5.75 Å². The summed E-state index contributed by atoms with van der Waals surface area (Å²) in [6.07, 6.45) is 1.43. The van der Waals surface area contributed by atoms with Gasteiger partial charge in [0.25, 0.3) is 0 Å². The van der Waals surface area contributed by atoms with Gasteiger partial charge in [0.1, 0.15) is 12.0 Å². The number of alkyl halides is 1. The molecule has 64 valence electrons. The van der Waals surface area contributed by atoms with Crippen molar-refractivity contribution in [2.24, 2.45) is 0 Å². The van der Waals surface area contributed by atoms with E-state index in [4.69, 9.17) is 5.11 Å². The second-order valence-corrected chi connectivity index (χ2v) is 3.97. The zero-order valence-electron chi connectivity index (χ0n) is 6.40. The molecule has 2 nitrogen and oxygen atoms in total. The van der Waals surface area contributed by atoms with Crippen molar-refractivity contribution >= 4 is 28.9 Å². The molecule has 3 heteroatoms. The standard InChI is InChI=1S/C9H9IO2/c10-9(5-6-11)7-1-3-8(12)4-2-7/h1-4,6,9,12H,5H2/t9-/m1/s1. The average molecular weight is 276 g/mol. The van der Waals surface area contributed by atoms with Gasteiger partial charge in [-0.3, -0.25) is 0 Å². The molecule has 0 heterocycles. The molecule has 1 N–H and O–H groups in total. The average Bonchev–Trinajstić information content (AvgIpc) is 2.06. The predicted octanol–water partition coefficient (Wildman–Crippen LogP) is 2.46. The summed E-state index contributed by atoms with van der Waals surface area (Å²) in [7, 11) is 0. The molecule has 0 aliphatic carbocycles. The molecular weight excluding hydrogens is 267 g/mol. The second kappa shape index (κ2) is 4.45. The van der Waals surface area contributed by atoms with Crippen LogP contribution in [-0.2, 0) is 4.79 Å². The summed E-state index contributed by atoms with van der Waals surface area (Å²) in [6.45, 7) is 0. The highest BCUT2D eigenvalue weighted by Gasteiger charge is 2.05. The molecule has 0 bridgehead atoms. The summed E-state index contributed by atoms with van der Waals surface area (Å²) in [4.78, 5) is 10.2. The summed E-state index contributed by atoms with van der Waals surface area (Å²) in [6, 6.07) is 6.92. The Morgan fingerprint density at radius 2 is 2.00 bits per heavy atom. The molecule has 0 spiro atoms. The van der Waals surface area contributed by atoms with Crippen molar-refractivity contribution in [3.05, 3.63) is 29.8 Å². The number of carbonyl (C=O) groups excluding carboxylic acids is 1. The molecule has 0 saturated heterocycles. The van der Waals surface area contributed by atoms with E-state index in [9.17, 15) is 4.79 Å². The number of rotatable bonds is 3. The Bertz CT molecular complexity index is 256. The van der Waals surface area contributed by atoms with Gasteiger partial charge < -0.3 is 9.90 Å². The molecule has 0 aliphatic heterocycles. The first kappa shape index (κ1) is 9.51. The third-order valence-corrected chi connectivity index (χ3v) is 2.79. The number of phenols is 1. The van der Waals surface area contributed by atoms with Crippen LogP contribution in [0.4, 0.5) is 0 Å². The maximum atomic E-state index is 10.2. The van der Waals surface area contributed by atoms with Gasteiger partial charge in [-0.15, -0.1) is 0 Å². The minimum Gasteiger partial charge on any atom is -0.508 e. The zero-order chi connectivity index (χ0) is 8.97. The molecule has 0 amide bonds. The van der Waals surface area contributed by atoms with Crippen LogP contribution in [0.3, 0.4) is 0 Å². The Kier molecular flexibility index (Phi) is 3.52. The first-order valence-electron chi connectivity index (χ1n) is 3.60. The van der Waals surface area contributed by atoms with Gasteiger partial charge in [0, 0.05) is 10.3 Å². The molecule has 1 aromatic rings. The maximum Gasteiger partial charge on any atom is 0.121 e. The van der Waals surface area contributed by atoms with Crippen LogP contribution < -0.4 is 0 Å². The summed E-state index contributed by atoms with van der Waals surface area (Å²) in [5.74, 6) is 0.258. The summed E-state index contributed by atoms with van der Waals surface area (Å²) < 4.78 is 0.209. The Morgan fingerprint density at radius 3 is 2.50 bits per heavy atom. The number of hydrogen-bond donors (Lipinski definition) is 1. The topological polar surface area (TPSA) is 37.3 Å². The molecule has 1 atom stereocenters.